The van der Waals surface area contributed by atoms with E-state index in [1.165, 1.54) is 0 Å². The average Bonchev–Trinajstić information content (AvgIpc) is 3.32. The predicted molar refractivity (Wildman–Crippen MR) is 122 cm³/mol. The average molecular weight is 442 g/mol. The largest absolute Gasteiger partial charge is 0.490 e. The summed E-state index contributed by atoms with van der Waals surface area (Å²) < 4.78 is 16.4. The molecule has 1 heterocycles. The first-order chi connectivity index (χ1) is 16.0. The number of nitriles is 1. The summed E-state index contributed by atoms with van der Waals surface area (Å²) in [6, 6.07) is 18.8. The molecule has 0 saturated carbocycles. The number of carbonyl (C=O) groups is 1. The number of hydrogen-bond donors (Lipinski definition) is 1. The molecule has 0 aliphatic heterocycles. The van der Waals surface area contributed by atoms with Crippen LogP contribution in [-0.2, 0) is 16.1 Å². The first-order valence-corrected chi connectivity index (χ1v) is 10.4. The lowest BCUT2D eigenvalue weighted by atomic mass is 9.99. The van der Waals surface area contributed by atoms with Crippen molar-refractivity contribution in [2.45, 2.75) is 26.6 Å². The highest BCUT2D eigenvalue weighted by Crippen LogP contribution is 2.32. The SMILES string of the molecule is CC(C)Oc1ccc(-c2nc(-c3ccc(COC(=O)CN)c4ccccc34)no2)cc1C#N. The summed E-state index contributed by atoms with van der Waals surface area (Å²) in [4.78, 5) is 16.0. The van der Waals surface area contributed by atoms with Gasteiger partial charge in [-0.05, 0) is 48.4 Å². The van der Waals surface area contributed by atoms with Crippen molar-refractivity contribution >= 4 is 16.7 Å². The number of fused-ring (bicyclic) bond motifs is 1. The van der Waals surface area contributed by atoms with Crippen molar-refractivity contribution in [3.63, 3.8) is 0 Å². The Balaban J connectivity index is 1.69. The number of carbonyl (C=O) groups excluding carboxylic acids is 1. The normalized spacial score (nSPS) is 10.9. The molecular weight excluding hydrogens is 420 g/mol. The van der Waals surface area contributed by atoms with Gasteiger partial charge in [-0.2, -0.15) is 10.2 Å². The molecule has 33 heavy (non-hydrogen) atoms. The molecule has 4 rings (SSSR count). The predicted octanol–water partition coefficient (Wildman–Crippen LogP) is 4.22. The third-order valence-electron chi connectivity index (χ3n) is 4.95. The van der Waals surface area contributed by atoms with Crippen molar-refractivity contribution in [1.82, 2.24) is 10.1 Å². The van der Waals surface area contributed by atoms with Crippen LogP contribution in [0.5, 0.6) is 5.75 Å². The summed E-state index contributed by atoms with van der Waals surface area (Å²) in [6.07, 6.45) is -0.0481. The van der Waals surface area contributed by atoms with Crippen LogP contribution in [0.2, 0.25) is 0 Å². The molecule has 8 nitrogen and oxygen atoms in total. The van der Waals surface area contributed by atoms with E-state index in [0.717, 1.165) is 21.9 Å². The van der Waals surface area contributed by atoms with Gasteiger partial charge in [0.15, 0.2) is 0 Å². The Hall–Kier alpha value is -4.22. The monoisotopic (exact) mass is 442 g/mol. The molecule has 0 amide bonds. The van der Waals surface area contributed by atoms with Crippen LogP contribution in [0.25, 0.3) is 33.6 Å². The Morgan fingerprint density at radius 3 is 2.67 bits per heavy atom. The second kappa shape index (κ2) is 9.51. The Labute approximate surface area is 190 Å². The quantitative estimate of drug-likeness (QED) is 0.422. The first kappa shape index (κ1) is 22.0. The fourth-order valence-corrected chi connectivity index (χ4v) is 3.46. The van der Waals surface area contributed by atoms with E-state index in [9.17, 15) is 10.1 Å². The molecule has 0 radical (unpaired) electrons. The highest BCUT2D eigenvalue weighted by Gasteiger charge is 2.17. The topological polar surface area (TPSA) is 124 Å². The van der Waals surface area contributed by atoms with E-state index < -0.39 is 5.97 Å². The molecule has 0 saturated heterocycles. The fraction of sp³-hybridized carbons (Fsp3) is 0.200. The molecule has 166 valence electrons. The zero-order chi connectivity index (χ0) is 23.4. The molecule has 0 fully saturated rings. The second-order valence-electron chi connectivity index (χ2n) is 7.60. The van der Waals surface area contributed by atoms with Gasteiger partial charge in [0.1, 0.15) is 18.4 Å². The van der Waals surface area contributed by atoms with Crippen LogP contribution in [0.3, 0.4) is 0 Å². The third-order valence-corrected chi connectivity index (χ3v) is 4.95. The highest BCUT2D eigenvalue weighted by molar-refractivity contribution is 5.97. The maximum absolute atomic E-state index is 11.5. The molecule has 0 aliphatic carbocycles. The van der Waals surface area contributed by atoms with Crippen LogP contribution in [0.1, 0.15) is 25.0 Å². The fourth-order valence-electron chi connectivity index (χ4n) is 3.46. The van der Waals surface area contributed by atoms with Crippen LogP contribution in [0, 0.1) is 11.3 Å². The molecule has 0 spiro atoms. The standard InChI is InChI=1S/C25H22N4O4/c1-15(2)32-22-10-8-16(11-18(22)12-26)25-28-24(29-33-25)21-9-7-17(14-31-23(30)13-27)19-5-3-4-6-20(19)21/h3-11,15H,13-14,27H2,1-2H3. The second-order valence-corrected chi connectivity index (χ2v) is 7.60. The van der Waals surface area contributed by atoms with E-state index in [-0.39, 0.29) is 19.3 Å². The van der Waals surface area contributed by atoms with Gasteiger partial charge in [0.05, 0.1) is 18.2 Å². The third kappa shape index (κ3) is 4.68. The van der Waals surface area contributed by atoms with Crippen molar-refractivity contribution in [2.24, 2.45) is 5.73 Å². The summed E-state index contributed by atoms with van der Waals surface area (Å²) in [5, 5.41) is 15.4. The highest BCUT2D eigenvalue weighted by atomic mass is 16.5. The number of hydrogen-bond acceptors (Lipinski definition) is 8. The van der Waals surface area contributed by atoms with Crippen molar-refractivity contribution in [1.29, 1.82) is 5.26 Å². The van der Waals surface area contributed by atoms with Gasteiger partial charge in [0.25, 0.3) is 5.89 Å². The number of nitrogens with two attached hydrogens (primary N) is 1. The molecule has 2 N–H and O–H groups in total. The Kier molecular flexibility index (Phi) is 6.33. The summed E-state index contributed by atoms with van der Waals surface area (Å²) >= 11 is 0. The lowest BCUT2D eigenvalue weighted by Gasteiger charge is -2.11. The summed E-state index contributed by atoms with van der Waals surface area (Å²) in [5.74, 6) is 0.746. The molecule has 0 aliphatic rings. The van der Waals surface area contributed by atoms with Gasteiger partial charge in [-0.25, -0.2) is 0 Å². The number of aromatic nitrogens is 2. The molecule has 3 aromatic carbocycles. The molecule has 1 aromatic heterocycles. The van der Waals surface area contributed by atoms with Gasteiger partial charge in [-0.1, -0.05) is 41.6 Å². The van der Waals surface area contributed by atoms with Gasteiger partial charge >= 0.3 is 5.97 Å². The molecule has 0 bridgehead atoms. The summed E-state index contributed by atoms with van der Waals surface area (Å²) in [5.41, 5.74) is 7.95. The molecule has 0 atom stereocenters. The van der Waals surface area contributed by atoms with Crippen molar-refractivity contribution in [3.8, 4) is 34.7 Å². The molecular formula is C25H22N4O4. The summed E-state index contributed by atoms with van der Waals surface area (Å²) in [7, 11) is 0. The van der Waals surface area contributed by atoms with Gasteiger partial charge in [0, 0.05) is 11.1 Å². The van der Waals surface area contributed by atoms with Crippen molar-refractivity contribution in [2.75, 3.05) is 6.54 Å². The first-order valence-electron chi connectivity index (χ1n) is 10.4. The van der Waals surface area contributed by atoms with E-state index in [2.05, 4.69) is 16.2 Å². The van der Waals surface area contributed by atoms with Gasteiger partial charge in [0.2, 0.25) is 5.82 Å². The van der Waals surface area contributed by atoms with E-state index in [4.69, 9.17) is 19.7 Å². The van der Waals surface area contributed by atoms with Crippen LogP contribution in [0.4, 0.5) is 0 Å². The Bertz CT molecular complexity index is 1350. The maximum atomic E-state index is 11.5. The van der Waals surface area contributed by atoms with Crippen LogP contribution in [-0.4, -0.2) is 28.8 Å². The van der Waals surface area contributed by atoms with E-state index in [1.54, 1.807) is 18.2 Å². The molecule has 8 heteroatoms. The number of benzene rings is 3. The van der Waals surface area contributed by atoms with E-state index in [1.807, 2.05) is 50.2 Å². The van der Waals surface area contributed by atoms with Gasteiger partial charge in [-0.3, -0.25) is 4.79 Å². The number of nitrogens with zero attached hydrogens (tertiary/aromatic N) is 3. The zero-order valence-electron chi connectivity index (χ0n) is 18.2. The van der Waals surface area contributed by atoms with E-state index >= 15 is 0 Å². The number of esters is 1. The van der Waals surface area contributed by atoms with Gasteiger partial charge in [-0.15, -0.1) is 0 Å². The Morgan fingerprint density at radius 1 is 1.15 bits per heavy atom. The minimum atomic E-state index is -0.465. The molecule has 4 aromatic rings. The Morgan fingerprint density at radius 2 is 1.94 bits per heavy atom. The van der Waals surface area contributed by atoms with Crippen LogP contribution >= 0.6 is 0 Å². The lowest BCUT2D eigenvalue weighted by Crippen LogP contribution is -2.16. The minimum Gasteiger partial charge on any atom is -0.490 e. The van der Waals surface area contributed by atoms with Crippen molar-refractivity contribution in [3.05, 3.63) is 65.7 Å². The smallest absolute Gasteiger partial charge is 0.320 e. The minimum absolute atomic E-state index is 0.0481. The summed E-state index contributed by atoms with van der Waals surface area (Å²) in [6.45, 7) is 3.75. The van der Waals surface area contributed by atoms with Crippen LogP contribution in [0.15, 0.2) is 59.1 Å². The van der Waals surface area contributed by atoms with Gasteiger partial charge < -0.3 is 19.7 Å². The number of rotatable bonds is 7. The number of ether oxygens (including phenoxy) is 2. The van der Waals surface area contributed by atoms with Crippen LogP contribution < -0.4 is 10.5 Å². The zero-order valence-corrected chi connectivity index (χ0v) is 18.2. The van der Waals surface area contributed by atoms with Crippen molar-refractivity contribution < 1.29 is 18.8 Å². The maximum Gasteiger partial charge on any atom is 0.320 e. The molecule has 0 unspecified atom stereocenters. The lowest BCUT2D eigenvalue weighted by molar-refractivity contribution is -0.143. The van der Waals surface area contributed by atoms with E-state index in [0.29, 0.717) is 28.6 Å².